The van der Waals surface area contributed by atoms with Crippen molar-refractivity contribution in [3.63, 3.8) is 0 Å². The van der Waals surface area contributed by atoms with Gasteiger partial charge in [0.25, 0.3) is 0 Å². The van der Waals surface area contributed by atoms with Crippen molar-refractivity contribution >= 4 is 5.91 Å². The molecule has 1 amide bonds. The van der Waals surface area contributed by atoms with E-state index in [0.717, 1.165) is 5.56 Å². The van der Waals surface area contributed by atoms with Crippen molar-refractivity contribution < 1.29 is 23.8 Å². The number of hydrogen-bond donors (Lipinski definition) is 2. The molecule has 0 aromatic heterocycles. The third-order valence-corrected chi connectivity index (χ3v) is 5.10. The molecule has 2 aromatic carbocycles. The third kappa shape index (κ3) is 4.88. The maximum absolute atomic E-state index is 13.3. The van der Waals surface area contributed by atoms with Crippen LogP contribution in [0.5, 0.6) is 5.75 Å². The normalized spacial score (nSPS) is 24.7. The standard InChI is InChI=1S/C22H26FNO4/c1-22(24-21(26)11-12-27-2)13-19(15-7-9-16(23)10-8-15)28-20(14-22)17-5-3-4-6-18(17)25/h3-10,19-20,25H,11-14H2,1-2H3,(H,24,26)/t19-,20+,22+/m0/s1. The van der Waals surface area contributed by atoms with Crippen LogP contribution in [0.3, 0.4) is 0 Å². The third-order valence-electron chi connectivity index (χ3n) is 5.10. The van der Waals surface area contributed by atoms with Crippen LogP contribution in [0, 0.1) is 5.82 Å². The Balaban J connectivity index is 1.88. The van der Waals surface area contributed by atoms with Crippen molar-refractivity contribution in [2.24, 2.45) is 0 Å². The fourth-order valence-corrected chi connectivity index (χ4v) is 3.71. The zero-order valence-corrected chi connectivity index (χ0v) is 16.2. The summed E-state index contributed by atoms with van der Waals surface area (Å²) in [4.78, 5) is 12.3. The van der Waals surface area contributed by atoms with Crippen molar-refractivity contribution in [3.8, 4) is 5.75 Å². The molecule has 1 aliphatic heterocycles. The molecule has 3 atom stereocenters. The summed E-state index contributed by atoms with van der Waals surface area (Å²) in [6, 6.07) is 13.2. The molecule has 1 heterocycles. The van der Waals surface area contributed by atoms with Crippen LogP contribution in [0.2, 0.25) is 0 Å². The molecule has 150 valence electrons. The summed E-state index contributed by atoms with van der Waals surface area (Å²) < 4.78 is 24.6. The summed E-state index contributed by atoms with van der Waals surface area (Å²) in [5, 5.41) is 13.4. The Morgan fingerprint density at radius 2 is 1.89 bits per heavy atom. The van der Waals surface area contributed by atoms with Gasteiger partial charge in [0.15, 0.2) is 0 Å². The molecular formula is C22H26FNO4. The van der Waals surface area contributed by atoms with Gasteiger partial charge >= 0.3 is 0 Å². The number of phenols is 1. The van der Waals surface area contributed by atoms with E-state index in [1.165, 1.54) is 12.1 Å². The summed E-state index contributed by atoms with van der Waals surface area (Å²) in [6.45, 7) is 2.33. The second-order valence-electron chi connectivity index (χ2n) is 7.48. The Morgan fingerprint density at radius 1 is 1.21 bits per heavy atom. The number of phenolic OH excluding ortho intramolecular Hbond substituents is 1. The molecule has 0 radical (unpaired) electrons. The molecule has 0 saturated carbocycles. The number of hydrogen-bond acceptors (Lipinski definition) is 4. The first-order valence-electron chi connectivity index (χ1n) is 9.39. The predicted molar refractivity (Wildman–Crippen MR) is 103 cm³/mol. The molecule has 28 heavy (non-hydrogen) atoms. The summed E-state index contributed by atoms with van der Waals surface area (Å²) in [5.41, 5.74) is 0.959. The lowest BCUT2D eigenvalue weighted by Crippen LogP contribution is -2.51. The summed E-state index contributed by atoms with van der Waals surface area (Å²) in [6.07, 6.45) is 0.585. The lowest BCUT2D eigenvalue weighted by molar-refractivity contribution is -0.129. The second kappa shape index (κ2) is 8.71. The van der Waals surface area contributed by atoms with Crippen molar-refractivity contribution in [1.29, 1.82) is 0 Å². The van der Waals surface area contributed by atoms with E-state index in [2.05, 4.69) is 5.32 Å². The van der Waals surface area contributed by atoms with Crippen molar-refractivity contribution in [3.05, 3.63) is 65.5 Å². The van der Waals surface area contributed by atoms with Crippen LogP contribution in [0.25, 0.3) is 0 Å². The van der Waals surface area contributed by atoms with Gasteiger partial charge in [-0.2, -0.15) is 0 Å². The molecule has 2 N–H and O–H groups in total. The molecule has 0 unspecified atom stereocenters. The van der Waals surface area contributed by atoms with Gasteiger partial charge in [-0.3, -0.25) is 4.79 Å². The maximum Gasteiger partial charge on any atom is 0.222 e. The molecule has 0 spiro atoms. The number of para-hydroxylation sites is 1. The number of amides is 1. The van der Waals surface area contributed by atoms with Crippen molar-refractivity contribution in [2.45, 2.75) is 43.9 Å². The van der Waals surface area contributed by atoms with Gasteiger partial charge < -0.3 is 19.9 Å². The molecule has 2 aromatic rings. The average molecular weight is 387 g/mol. The van der Waals surface area contributed by atoms with Gasteiger partial charge in [-0.15, -0.1) is 0 Å². The van der Waals surface area contributed by atoms with E-state index < -0.39 is 11.6 Å². The highest BCUT2D eigenvalue weighted by Crippen LogP contribution is 2.45. The van der Waals surface area contributed by atoms with Crippen molar-refractivity contribution in [2.75, 3.05) is 13.7 Å². The average Bonchev–Trinajstić information content (AvgIpc) is 2.66. The first-order chi connectivity index (χ1) is 13.4. The molecule has 3 rings (SSSR count). The van der Waals surface area contributed by atoms with Gasteiger partial charge in [0.05, 0.1) is 18.8 Å². The number of rotatable bonds is 6. The molecule has 1 fully saturated rings. The smallest absolute Gasteiger partial charge is 0.222 e. The number of carbonyl (C=O) groups excluding carboxylic acids is 1. The minimum atomic E-state index is -0.547. The molecule has 0 aliphatic carbocycles. The Labute approximate surface area is 164 Å². The van der Waals surface area contributed by atoms with Crippen LogP contribution in [0.1, 0.15) is 49.5 Å². The van der Waals surface area contributed by atoms with Gasteiger partial charge in [-0.05, 0) is 30.7 Å². The van der Waals surface area contributed by atoms with E-state index in [0.29, 0.717) is 25.0 Å². The molecule has 0 bridgehead atoms. The Bertz CT molecular complexity index is 810. The maximum atomic E-state index is 13.3. The van der Waals surface area contributed by atoms with E-state index in [1.807, 2.05) is 19.1 Å². The molecule has 5 nitrogen and oxygen atoms in total. The largest absolute Gasteiger partial charge is 0.508 e. The fraction of sp³-hybridized carbons (Fsp3) is 0.409. The topological polar surface area (TPSA) is 67.8 Å². The zero-order chi connectivity index (χ0) is 20.1. The van der Waals surface area contributed by atoms with E-state index in [9.17, 15) is 14.3 Å². The van der Waals surface area contributed by atoms with Crippen LogP contribution < -0.4 is 5.32 Å². The van der Waals surface area contributed by atoms with E-state index >= 15 is 0 Å². The van der Waals surface area contributed by atoms with E-state index in [4.69, 9.17) is 9.47 Å². The highest BCUT2D eigenvalue weighted by molar-refractivity contribution is 5.76. The van der Waals surface area contributed by atoms with Crippen molar-refractivity contribution in [1.82, 2.24) is 5.32 Å². The molecule has 1 aliphatic rings. The number of methoxy groups -OCH3 is 1. The van der Waals surface area contributed by atoms with Crippen LogP contribution in [0.4, 0.5) is 4.39 Å². The highest BCUT2D eigenvalue weighted by atomic mass is 19.1. The van der Waals surface area contributed by atoms with E-state index in [1.54, 1.807) is 31.4 Å². The number of halogens is 1. The second-order valence-corrected chi connectivity index (χ2v) is 7.48. The first-order valence-corrected chi connectivity index (χ1v) is 9.39. The predicted octanol–water partition coefficient (Wildman–Crippen LogP) is 4.04. The van der Waals surface area contributed by atoms with Crippen LogP contribution in [-0.2, 0) is 14.3 Å². The highest BCUT2D eigenvalue weighted by Gasteiger charge is 2.40. The number of aromatic hydroxyl groups is 1. The van der Waals surface area contributed by atoms with Crippen LogP contribution >= 0.6 is 0 Å². The van der Waals surface area contributed by atoms with Gasteiger partial charge in [0, 0.05) is 37.5 Å². The lowest BCUT2D eigenvalue weighted by Gasteiger charge is -2.43. The van der Waals surface area contributed by atoms with Gasteiger partial charge in [0.2, 0.25) is 5.91 Å². The SMILES string of the molecule is COCCC(=O)N[C@]1(C)C[C@@H](c2ccc(F)cc2)O[C@@H](c2ccccc2O)C1. The summed E-state index contributed by atoms with van der Waals surface area (Å²) in [7, 11) is 1.56. The van der Waals surface area contributed by atoms with Gasteiger partial charge in [-0.1, -0.05) is 30.3 Å². The number of carbonyl (C=O) groups is 1. The molecular weight excluding hydrogens is 361 g/mol. The minimum Gasteiger partial charge on any atom is -0.508 e. The van der Waals surface area contributed by atoms with Crippen LogP contribution in [0.15, 0.2) is 48.5 Å². The minimum absolute atomic E-state index is 0.0971. The number of ether oxygens (including phenoxy) is 2. The van der Waals surface area contributed by atoms with Gasteiger partial charge in [-0.25, -0.2) is 4.39 Å². The fourth-order valence-electron chi connectivity index (χ4n) is 3.71. The van der Waals surface area contributed by atoms with E-state index in [-0.39, 0.29) is 30.0 Å². The van der Waals surface area contributed by atoms with Crippen LogP contribution in [-0.4, -0.2) is 30.3 Å². The Hall–Kier alpha value is -2.44. The molecule has 6 heteroatoms. The first kappa shape index (κ1) is 20.3. The summed E-state index contributed by atoms with van der Waals surface area (Å²) >= 11 is 0. The lowest BCUT2D eigenvalue weighted by atomic mass is 9.81. The number of nitrogens with one attached hydrogen (secondary N) is 1. The number of benzene rings is 2. The Morgan fingerprint density at radius 3 is 2.57 bits per heavy atom. The summed E-state index contributed by atoms with van der Waals surface area (Å²) in [5.74, 6) is -0.257. The molecule has 1 saturated heterocycles. The monoisotopic (exact) mass is 387 g/mol. The van der Waals surface area contributed by atoms with Gasteiger partial charge in [0.1, 0.15) is 11.6 Å². The zero-order valence-electron chi connectivity index (χ0n) is 16.2. The Kier molecular flexibility index (Phi) is 6.31. The quantitative estimate of drug-likeness (QED) is 0.785.